The average Bonchev–Trinajstić information content (AvgIpc) is 2.47. The van der Waals surface area contributed by atoms with Crippen LogP contribution in [0.15, 0.2) is 36.4 Å². The highest BCUT2D eigenvalue weighted by atomic mass is 35.5. The number of hydrogen-bond acceptors (Lipinski definition) is 2. The first kappa shape index (κ1) is 16.4. The summed E-state index contributed by atoms with van der Waals surface area (Å²) >= 11 is 18.6. The Morgan fingerprint density at radius 3 is 2.39 bits per heavy atom. The van der Waals surface area contributed by atoms with Gasteiger partial charge in [-0.05, 0) is 44.2 Å². The number of nitrogens with zero attached hydrogens (tertiary/aromatic N) is 1. The molecule has 0 radical (unpaired) electrons. The third kappa shape index (κ3) is 3.01. The first-order valence-corrected chi connectivity index (χ1v) is 8.16. The van der Waals surface area contributed by atoms with E-state index in [1.807, 2.05) is 0 Å². The van der Waals surface area contributed by atoms with Gasteiger partial charge in [0.15, 0.2) is 5.60 Å². The van der Waals surface area contributed by atoms with Crippen LogP contribution in [0.5, 0.6) is 5.75 Å². The third-order valence-corrected chi connectivity index (χ3v) is 4.66. The lowest BCUT2D eigenvalue weighted by molar-refractivity contribution is -0.132. The zero-order chi connectivity index (χ0) is 16.8. The van der Waals surface area contributed by atoms with E-state index >= 15 is 0 Å². The number of halogens is 3. The maximum absolute atomic E-state index is 12.8. The molecule has 23 heavy (non-hydrogen) atoms. The van der Waals surface area contributed by atoms with Gasteiger partial charge in [-0.2, -0.15) is 0 Å². The van der Waals surface area contributed by atoms with Crippen molar-refractivity contribution in [1.82, 2.24) is 0 Å². The highest BCUT2D eigenvalue weighted by Crippen LogP contribution is 2.41. The van der Waals surface area contributed by atoms with E-state index in [2.05, 4.69) is 0 Å². The molecule has 2 aromatic rings. The van der Waals surface area contributed by atoms with Crippen molar-refractivity contribution in [3.63, 3.8) is 0 Å². The van der Waals surface area contributed by atoms with Crippen molar-refractivity contribution in [2.45, 2.75) is 26.0 Å². The first-order valence-electron chi connectivity index (χ1n) is 7.03. The molecule has 6 heteroatoms. The predicted octanol–water partition coefficient (Wildman–Crippen LogP) is 5.35. The van der Waals surface area contributed by atoms with Gasteiger partial charge in [0.2, 0.25) is 0 Å². The zero-order valence-electron chi connectivity index (χ0n) is 12.6. The molecule has 0 bridgehead atoms. The van der Waals surface area contributed by atoms with Crippen molar-refractivity contribution in [3.05, 3.63) is 57.0 Å². The molecule has 3 nitrogen and oxygen atoms in total. The smallest absolute Gasteiger partial charge is 0.271 e. The molecule has 0 atom stereocenters. The molecule has 0 fully saturated rings. The second kappa shape index (κ2) is 5.90. The van der Waals surface area contributed by atoms with Crippen molar-refractivity contribution in [2.75, 3.05) is 4.90 Å². The number of hydrogen-bond donors (Lipinski definition) is 0. The Balaban J connectivity index is 2.10. The average molecular weight is 371 g/mol. The van der Waals surface area contributed by atoms with Gasteiger partial charge in [0.1, 0.15) is 5.75 Å². The zero-order valence-corrected chi connectivity index (χ0v) is 14.8. The number of benzene rings is 2. The molecule has 0 aliphatic carbocycles. The van der Waals surface area contributed by atoms with Gasteiger partial charge >= 0.3 is 0 Å². The molecule has 1 heterocycles. The van der Waals surface area contributed by atoms with Crippen LogP contribution in [0.1, 0.15) is 19.4 Å². The maximum atomic E-state index is 12.8. The van der Waals surface area contributed by atoms with Crippen LogP contribution in [0, 0.1) is 0 Å². The number of carbonyl (C=O) groups excluding carboxylic acids is 1. The third-order valence-electron chi connectivity index (χ3n) is 3.72. The van der Waals surface area contributed by atoms with Crippen LogP contribution in [0.25, 0.3) is 0 Å². The minimum atomic E-state index is -0.978. The molecule has 2 aromatic carbocycles. The Labute approximate surface area is 149 Å². The topological polar surface area (TPSA) is 29.5 Å². The second-order valence-electron chi connectivity index (χ2n) is 5.82. The minimum absolute atomic E-state index is 0.178. The molecule has 0 unspecified atom stereocenters. The summed E-state index contributed by atoms with van der Waals surface area (Å²) in [7, 11) is 0. The van der Waals surface area contributed by atoms with Crippen LogP contribution in [0.4, 0.5) is 5.69 Å². The molecule has 0 saturated heterocycles. The van der Waals surface area contributed by atoms with E-state index in [0.29, 0.717) is 32.1 Å². The van der Waals surface area contributed by atoms with Crippen molar-refractivity contribution in [3.8, 4) is 5.75 Å². The summed E-state index contributed by atoms with van der Waals surface area (Å²) in [5.41, 5.74) is 0.319. The van der Waals surface area contributed by atoms with E-state index in [4.69, 9.17) is 39.5 Å². The minimum Gasteiger partial charge on any atom is -0.476 e. The Hall–Kier alpha value is -1.42. The van der Waals surface area contributed by atoms with E-state index in [0.717, 1.165) is 0 Å². The molecule has 120 valence electrons. The van der Waals surface area contributed by atoms with Gasteiger partial charge in [0.25, 0.3) is 5.91 Å². The fraction of sp³-hybridized carbons (Fsp3) is 0.235. The normalized spacial score (nSPS) is 16.0. The van der Waals surface area contributed by atoms with Gasteiger partial charge in [0, 0.05) is 20.6 Å². The lowest BCUT2D eigenvalue weighted by Gasteiger charge is -2.39. The van der Waals surface area contributed by atoms with Crippen molar-refractivity contribution in [2.24, 2.45) is 0 Å². The van der Waals surface area contributed by atoms with E-state index in [-0.39, 0.29) is 12.5 Å². The van der Waals surface area contributed by atoms with Gasteiger partial charge in [-0.1, -0.05) is 40.9 Å². The maximum Gasteiger partial charge on any atom is 0.271 e. The molecule has 0 saturated carbocycles. The summed E-state index contributed by atoms with van der Waals surface area (Å²) < 4.78 is 5.80. The molecular formula is C17H14Cl3NO2. The highest BCUT2D eigenvalue weighted by molar-refractivity contribution is 6.36. The van der Waals surface area contributed by atoms with Gasteiger partial charge in [0.05, 0.1) is 12.2 Å². The molecule has 3 rings (SSSR count). The summed E-state index contributed by atoms with van der Waals surface area (Å²) in [5.74, 6) is 0.422. The lowest BCUT2D eigenvalue weighted by atomic mass is 10.0. The largest absolute Gasteiger partial charge is 0.476 e. The fourth-order valence-electron chi connectivity index (χ4n) is 2.54. The highest BCUT2D eigenvalue weighted by Gasteiger charge is 2.41. The van der Waals surface area contributed by atoms with Crippen LogP contribution in [-0.4, -0.2) is 11.5 Å². The van der Waals surface area contributed by atoms with Gasteiger partial charge in [-0.25, -0.2) is 0 Å². The molecular weight excluding hydrogens is 357 g/mol. The standard InChI is InChI=1S/C17H14Cl3NO2/c1-17(2)16(22)21(9-11-12(19)4-3-5-13(11)20)14-8-10(18)6-7-15(14)23-17/h3-8H,9H2,1-2H3. The van der Waals surface area contributed by atoms with Crippen LogP contribution in [0.3, 0.4) is 0 Å². The van der Waals surface area contributed by atoms with Crippen LogP contribution < -0.4 is 9.64 Å². The molecule has 0 aromatic heterocycles. The summed E-state index contributed by atoms with van der Waals surface area (Å²) in [6, 6.07) is 10.5. The lowest BCUT2D eigenvalue weighted by Crippen LogP contribution is -2.52. The number of rotatable bonds is 2. The molecule has 1 amide bonds. The molecule has 1 aliphatic heterocycles. The Morgan fingerprint density at radius 1 is 1.09 bits per heavy atom. The number of anilines is 1. The number of fused-ring (bicyclic) bond motifs is 1. The summed E-state index contributed by atoms with van der Waals surface area (Å²) in [5, 5.41) is 1.55. The monoisotopic (exact) mass is 369 g/mol. The van der Waals surface area contributed by atoms with E-state index in [9.17, 15) is 4.79 Å². The molecule has 1 aliphatic rings. The van der Waals surface area contributed by atoms with E-state index < -0.39 is 5.60 Å². The van der Waals surface area contributed by atoms with Gasteiger partial charge < -0.3 is 9.64 Å². The fourth-order valence-corrected chi connectivity index (χ4v) is 3.22. The van der Waals surface area contributed by atoms with Crippen molar-refractivity contribution < 1.29 is 9.53 Å². The number of amides is 1. The van der Waals surface area contributed by atoms with Crippen molar-refractivity contribution >= 4 is 46.4 Å². The summed E-state index contributed by atoms with van der Waals surface area (Å²) in [6.07, 6.45) is 0. The number of carbonyl (C=O) groups is 1. The second-order valence-corrected chi connectivity index (χ2v) is 7.07. The Bertz CT molecular complexity index is 769. The van der Waals surface area contributed by atoms with Crippen LogP contribution in [-0.2, 0) is 11.3 Å². The SMILES string of the molecule is CC1(C)Oc2ccc(Cl)cc2N(Cc2c(Cl)cccc2Cl)C1=O. The van der Waals surface area contributed by atoms with Crippen LogP contribution in [0.2, 0.25) is 15.1 Å². The Morgan fingerprint density at radius 2 is 1.74 bits per heavy atom. The van der Waals surface area contributed by atoms with Gasteiger partial charge in [-0.15, -0.1) is 0 Å². The van der Waals surface area contributed by atoms with E-state index in [1.54, 1.807) is 55.1 Å². The van der Waals surface area contributed by atoms with Gasteiger partial charge in [-0.3, -0.25) is 4.79 Å². The number of ether oxygens (including phenoxy) is 1. The molecule has 0 N–H and O–H groups in total. The first-order chi connectivity index (χ1) is 10.8. The summed E-state index contributed by atoms with van der Waals surface area (Å²) in [6.45, 7) is 3.71. The van der Waals surface area contributed by atoms with E-state index in [1.165, 1.54) is 0 Å². The summed E-state index contributed by atoms with van der Waals surface area (Å²) in [4.78, 5) is 14.4. The van der Waals surface area contributed by atoms with Crippen molar-refractivity contribution in [1.29, 1.82) is 0 Å². The Kier molecular flexibility index (Phi) is 4.21. The quantitative estimate of drug-likeness (QED) is 0.713. The molecule has 0 spiro atoms. The predicted molar refractivity (Wildman–Crippen MR) is 93.8 cm³/mol. The van der Waals surface area contributed by atoms with Crippen LogP contribution >= 0.6 is 34.8 Å².